The second-order valence-corrected chi connectivity index (χ2v) is 4.72. The van der Waals surface area contributed by atoms with Gasteiger partial charge in [0.2, 0.25) is 5.95 Å². The lowest BCUT2D eigenvalue weighted by molar-refractivity contribution is 0.468. The van der Waals surface area contributed by atoms with Crippen molar-refractivity contribution in [2.24, 2.45) is 0 Å². The van der Waals surface area contributed by atoms with E-state index in [1.807, 2.05) is 0 Å². The number of nitrogens with one attached hydrogen (secondary N) is 2. The first-order valence-corrected chi connectivity index (χ1v) is 6.45. The monoisotopic (exact) mass is 309 g/mol. The number of nitrogens with zero attached hydrogens (tertiary/aromatic N) is 3. The van der Waals surface area contributed by atoms with Crippen molar-refractivity contribution in [3.05, 3.63) is 34.6 Å². The number of H-pyrrole nitrogens is 1. The summed E-state index contributed by atoms with van der Waals surface area (Å²) in [7, 11) is 1.71. The topological polar surface area (TPSA) is 75.7 Å². The number of benzene rings is 1. The average Bonchev–Trinajstić information content (AvgIpc) is 2.91. The number of anilines is 1. The van der Waals surface area contributed by atoms with Gasteiger partial charge in [0, 0.05) is 18.1 Å². The zero-order valence-electron chi connectivity index (χ0n) is 10.3. The van der Waals surface area contributed by atoms with Gasteiger partial charge in [-0.15, -0.1) is 0 Å². The summed E-state index contributed by atoms with van der Waals surface area (Å²) < 4.78 is 5.73. The number of ether oxygens (including phenoxy) is 1. The summed E-state index contributed by atoms with van der Waals surface area (Å²) in [6, 6.07) is 4.96. The van der Waals surface area contributed by atoms with Gasteiger partial charge in [-0.3, -0.25) is 0 Å². The minimum atomic E-state index is 0.320. The molecule has 0 saturated carbocycles. The molecule has 0 bridgehead atoms. The van der Waals surface area contributed by atoms with E-state index in [1.54, 1.807) is 25.2 Å². The Hall–Kier alpha value is -2.05. The highest BCUT2D eigenvalue weighted by molar-refractivity contribution is 6.34. The zero-order chi connectivity index (χ0) is 14.1. The van der Waals surface area contributed by atoms with Crippen molar-refractivity contribution in [2.45, 2.75) is 0 Å². The van der Waals surface area contributed by atoms with E-state index in [1.165, 1.54) is 6.33 Å². The lowest BCUT2D eigenvalue weighted by Gasteiger charge is -2.08. The van der Waals surface area contributed by atoms with Gasteiger partial charge in [-0.25, -0.2) is 4.98 Å². The molecule has 0 fully saturated rings. The van der Waals surface area contributed by atoms with Crippen LogP contribution in [-0.2, 0) is 0 Å². The predicted molar refractivity (Wildman–Crippen MR) is 77.8 cm³/mol. The zero-order valence-corrected chi connectivity index (χ0v) is 11.8. The Morgan fingerprint density at radius 1 is 1.25 bits per heavy atom. The summed E-state index contributed by atoms with van der Waals surface area (Å²) in [4.78, 5) is 15.4. The molecule has 0 saturated heterocycles. The molecule has 2 N–H and O–H groups in total. The van der Waals surface area contributed by atoms with Crippen LogP contribution in [0.3, 0.4) is 0 Å². The second kappa shape index (κ2) is 5.15. The third kappa shape index (κ3) is 2.35. The third-order valence-electron chi connectivity index (χ3n) is 2.58. The number of hydrogen-bond donors (Lipinski definition) is 2. The lowest BCUT2D eigenvalue weighted by atomic mass is 10.3. The Morgan fingerprint density at radius 2 is 2.10 bits per heavy atom. The molecule has 3 rings (SSSR count). The maximum absolute atomic E-state index is 6.08. The summed E-state index contributed by atoms with van der Waals surface area (Å²) in [5.74, 6) is 1.13. The molecular formula is C12H9Cl2N5O. The van der Waals surface area contributed by atoms with Crippen molar-refractivity contribution in [3.63, 3.8) is 0 Å². The first-order valence-electron chi connectivity index (χ1n) is 5.69. The van der Waals surface area contributed by atoms with Crippen molar-refractivity contribution in [1.82, 2.24) is 19.9 Å². The molecule has 20 heavy (non-hydrogen) atoms. The number of aromatic nitrogens is 4. The van der Waals surface area contributed by atoms with Gasteiger partial charge in [0.05, 0.1) is 11.3 Å². The Balaban J connectivity index is 2.09. The van der Waals surface area contributed by atoms with E-state index in [4.69, 9.17) is 27.9 Å². The Bertz CT molecular complexity index is 774. The third-order valence-corrected chi connectivity index (χ3v) is 3.12. The molecule has 0 radical (unpaired) electrons. The molecule has 1 aromatic carbocycles. The van der Waals surface area contributed by atoms with Crippen LogP contribution in [0, 0.1) is 0 Å². The smallest absolute Gasteiger partial charge is 0.250 e. The molecule has 0 atom stereocenters. The molecule has 0 unspecified atom stereocenters. The Kier molecular flexibility index (Phi) is 3.33. The van der Waals surface area contributed by atoms with Crippen LogP contribution in [-0.4, -0.2) is 27.0 Å². The summed E-state index contributed by atoms with van der Waals surface area (Å²) in [5, 5.41) is 3.80. The van der Waals surface area contributed by atoms with E-state index in [0.29, 0.717) is 38.8 Å². The quantitative estimate of drug-likeness (QED) is 0.774. The van der Waals surface area contributed by atoms with Crippen LogP contribution in [0.1, 0.15) is 0 Å². The van der Waals surface area contributed by atoms with Crippen molar-refractivity contribution >= 4 is 40.3 Å². The minimum Gasteiger partial charge on any atom is -0.435 e. The van der Waals surface area contributed by atoms with Gasteiger partial charge in [-0.05, 0) is 12.1 Å². The van der Waals surface area contributed by atoms with Crippen LogP contribution in [0.5, 0.6) is 11.6 Å². The van der Waals surface area contributed by atoms with Gasteiger partial charge in [-0.1, -0.05) is 23.2 Å². The molecule has 8 heteroatoms. The second-order valence-electron chi connectivity index (χ2n) is 3.88. The van der Waals surface area contributed by atoms with Crippen LogP contribution >= 0.6 is 23.2 Å². The molecule has 0 aliphatic rings. The first-order chi connectivity index (χ1) is 9.67. The van der Waals surface area contributed by atoms with E-state index in [0.717, 1.165) is 0 Å². The SMILES string of the molecule is CNc1nc(Oc2cc(Cl)ccc2Cl)c2[nH]cnc2n1. The van der Waals surface area contributed by atoms with Crippen LogP contribution in [0.2, 0.25) is 10.0 Å². The van der Waals surface area contributed by atoms with E-state index in [2.05, 4.69) is 25.3 Å². The maximum Gasteiger partial charge on any atom is 0.250 e. The fraction of sp³-hybridized carbons (Fsp3) is 0.0833. The molecule has 2 heterocycles. The Morgan fingerprint density at radius 3 is 2.90 bits per heavy atom. The van der Waals surface area contributed by atoms with Crippen molar-refractivity contribution in [1.29, 1.82) is 0 Å². The number of fused-ring (bicyclic) bond motifs is 1. The standard InChI is InChI=1S/C12H9Cl2N5O/c1-15-12-18-10-9(16-5-17-10)11(19-12)20-8-4-6(13)2-3-7(8)14/h2-5H,1H3,(H2,15,16,17,18,19). The number of rotatable bonds is 3. The molecule has 0 amide bonds. The fourth-order valence-corrected chi connectivity index (χ4v) is 1.97. The summed E-state index contributed by atoms with van der Waals surface area (Å²) in [6.45, 7) is 0. The van der Waals surface area contributed by atoms with E-state index >= 15 is 0 Å². The average molecular weight is 310 g/mol. The highest BCUT2D eigenvalue weighted by Crippen LogP contribution is 2.33. The van der Waals surface area contributed by atoms with Crippen LogP contribution in [0.4, 0.5) is 5.95 Å². The van der Waals surface area contributed by atoms with Gasteiger partial charge >= 0.3 is 0 Å². The van der Waals surface area contributed by atoms with Gasteiger partial charge in [0.25, 0.3) is 5.88 Å². The molecule has 0 spiro atoms. The predicted octanol–water partition coefficient (Wildman–Crippen LogP) is 3.49. The van der Waals surface area contributed by atoms with Crippen molar-refractivity contribution < 1.29 is 4.74 Å². The fourth-order valence-electron chi connectivity index (χ4n) is 1.65. The van der Waals surface area contributed by atoms with Gasteiger partial charge in [0.15, 0.2) is 5.65 Å². The largest absolute Gasteiger partial charge is 0.435 e. The number of imidazole rings is 1. The highest BCUT2D eigenvalue weighted by Gasteiger charge is 2.13. The van der Waals surface area contributed by atoms with E-state index < -0.39 is 0 Å². The van der Waals surface area contributed by atoms with Crippen molar-refractivity contribution in [3.8, 4) is 11.6 Å². The maximum atomic E-state index is 6.08. The number of halogens is 2. The minimum absolute atomic E-state index is 0.320. The van der Waals surface area contributed by atoms with Crippen molar-refractivity contribution in [2.75, 3.05) is 12.4 Å². The van der Waals surface area contributed by atoms with Crippen LogP contribution in [0.15, 0.2) is 24.5 Å². The first kappa shape index (κ1) is 13.0. The molecule has 2 aromatic heterocycles. The molecule has 3 aromatic rings. The number of hydrogen-bond acceptors (Lipinski definition) is 5. The van der Waals surface area contributed by atoms with Gasteiger partial charge < -0.3 is 15.0 Å². The van der Waals surface area contributed by atoms with E-state index in [-0.39, 0.29) is 0 Å². The highest BCUT2D eigenvalue weighted by atomic mass is 35.5. The summed E-state index contributed by atoms with van der Waals surface area (Å²) in [5.41, 5.74) is 1.08. The molecule has 102 valence electrons. The number of aromatic amines is 1. The molecule has 0 aliphatic heterocycles. The Labute approximate surface area is 124 Å². The van der Waals surface area contributed by atoms with E-state index in [9.17, 15) is 0 Å². The molecule has 0 aliphatic carbocycles. The summed E-state index contributed by atoms with van der Waals surface area (Å²) >= 11 is 12.0. The lowest BCUT2D eigenvalue weighted by Crippen LogP contribution is -1.99. The van der Waals surface area contributed by atoms with Crippen LogP contribution < -0.4 is 10.1 Å². The van der Waals surface area contributed by atoms with Gasteiger partial charge in [-0.2, -0.15) is 9.97 Å². The normalized spacial score (nSPS) is 10.8. The molecular weight excluding hydrogens is 301 g/mol. The molecule has 6 nitrogen and oxygen atoms in total. The van der Waals surface area contributed by atoms with Gasteiger partial charge in [0.1, 0.15) is 11.3 Å². The summed E-state index contributed by atoms with van der Waals surface area (Å²) in [6.07, 6.45) is 1.52. The van der Waals surface area contributed by atoms with Crippen LogP contribution in [0.25, 0.3) is 11.2 Å².